The van der Waals surface area contributed by atoms with Crippen molar-refractivity contribution in [1.29, 1.82) is 0 Å². The van der Waals surface area contributed by atoms with Gasteiger partial charge in [-0.15, -0.1) is 0 Å². The van der Waals surface area contributed by atoms with E-state index in [1.165, 1.54) is 24.3 Å². The molecule has 3 rings (SSSR count). The highest BCUT2D eigenvalue weighted by atomic mass is 19.1. The van der Waals surface area contributed by atoms with Gasteiger partial charge in [-0.25, -0.2) is 4.39 Å². The summed E-state index contributed by atoms with van der Waals surface area (Å²) < 4.78 is 13.0. The van der Waals surface area contributed by atoms with Gasteiger partial charge in [0.05, 0.1) is 6.54 Å². The molecule has 0 unspecified atom stereocenters. The molecule has 0 saturated heterocycles. The average molecular weight is 390 g/mol. The number of amides is 2. The first-order chi connectivity index (χ1) is 14.0. The zero-order valence-electron chi connectivity index (χ0n) is 16.1. The van der Waals surface area contributed by atoms with Crippen molar-refractivity contribution in [1.82, 2.24) is 10.6 Å². The van der Waals surface area contributed by atoms with E-state index in [9.17, 15) is 14.0 Å². The first kappa shape index (κ1) is 20.3. The van der Waals surface area contributed by atoms with Crippen LogP contribution in [0.1, 0.15) is 34.3 Å². The SMILES string of the molecule is C[C@@H](NC(=O)CNC(=O)c1ccc(F)cc1)C(c1ccccc1)c1ccccc1. The molecule has 0 radical (unpaired) electrons. The van der Waals surface area contributed by atoms with E-state index < -0.39 is 11.7 Å². The standard InChI is InChI=1S/C24H23FN2O2/c1-17(23(18-8-4-2-5-9-18)19-10-6-3-7-11-19)27-22(28)16-26-24(29)20-12-14-21(25)15-13-20/h2-15,17,23H,16H2,1H3,(H,26,29)(H,27,28)/t17-/m1/s1. The van der Waals surface area contributed by atoms with Crippen molar-refractivity contribution in [3.05, 3.63) is 107 Å². The number of halogens is 1. The van der Waals surface area contributed by atoms with E-state index in [0.717, 1.165) is 11.1 Å². The summed E-state index contributed by atoms with van der Waals surface area (Å²) in [6.07, 6.45) is 0. The molecule has 0 bridgehead atoms. The van der Waals surface area contributed by atoms with Gasteiger partial charge in [0.15, 0.2) is 0 Å². The van der Waals surface area contributed by atoms with E-state index in [2.05, 4.69) is 10.6 Å². The molecule has 3 aromatic rings. The summed E-state index contributed by atoms with van der Waals surface area (Å²) in [5.74, 6) is -1.14. The molecule has 148 valence electrons. The summed E-state index contributed by atoms with van der Waals surface area (Å²) in [5.41, 5.74) is 2.50. The van der Waals surface area contributed by atoms with Crippen molar-refractivity contribution in [2.24, 2.45) is 0 Å². The lowest BCUT2D eigenvalue weighted by Crippen LogP contribution is -2.43. The minimum Gasteiger partial charge on any atom is -0.351 e. The third kappa shape index (κ3) is 5.51. The number of rotatable bonds is 7. The molecule has 0 aliphatic heterocycles. The average Bonchev–Trinajstić information content (AvgIpc) is 2.74. The zero-order valence-corrected chi connectivity index (χ0v) is 16.1. The van der Waals surface area contributed by atoms with Crippen LogP contribution in [0.15, 0.2) is 84.9 Å². The lowest BCUT2D eigenvalue weighted by atomic mass is 9.86. The minimum atomic E-state index is -0.421. The summed E-state index contributed by atoms with van der Waals surface area (Å²) in [6.45, 7) is 1.79. The van der Waals surface area contributed by atoms with E-state index in [-0.39, 0.29) is 24.4 Å². The normalized spacial score (nSPS) is 11.7. The lowest BCUT2D eigenvalue weighted by molar-refractivity contribution is -0.120. The Hall–Kier alpha value is -3.47. The molecule has 0 saturated carbocycles. The van der Waals surface area contributed by atoms with Crippen LogP contribution in [0.2, 0.25) is 0 Å². The maximum absolute atomic E-state index is 13.0. The van der Waals surface area contributed by atoms with Gasteiger partial charge >= 0.3 is 0 Å². The largest absolute Gasteiger partial charge is 0.351 e. The Kier molecular flexibility index (Phi) is 6.74. The van der Waals surface area contributed by atoms with E-state index in [1.54, 1.807) is 0 Å². The van der Waals surface area contributed by atoms with Gasteiger partial charge in [0, 0.05) is 17.5 Å². The first-order valence-corrected chi connectivity index (χ1v) is 9.47. The molecule has 29 heavy (non-hydrogen) atoms. The molecule has 5 heteroatoms. The Morgan fingerprint density at radius 2 is 1.34 bits per heavy atom. The molecule has 0 spiro atoms. The van der Waals surface area contributed by atoms with Crippen molar-refractivity contribution in [2.75, 3.05) is 6.54 Å². The van der Waals surface area contributed by atoms with Gasteiger partial charge in [0.2, 0.25) is 5.91 Å². The quantitative estimate of drug-likeness (QED) is 0.643. The van der Waals surface area contributed by atoms with E-state index in [1.807, 2.05) is 67.6 Å². The molecule has 0 fully saturated rings. The summed E-state index contributed by atoms with van der Waals surface area (Å²) in [4.78, 5) is 24.5. The predicted molar refractivity (Wildman–Crippen MR) is 111 cm³/mol. The molecule has 1 atom stereocenters. The maximum Gasteiger partial charge on any atom is 0.251 e. The van der Waals surface area contributed by atoms with Crippen LogP contribution in [-0.2, 0) is 4.79 Å². The van der Waals surface area contributed by atoms with Crippen molar-refractivity contribution in [3.8, 4) is 0 Å². The Morgan fingerprint density at radius 1 is 0.828 bits per heavy atom. The van der Waals surface area contributed by atoms with Gasteiger partial charge in [0.1, 0.15) is 5.82 Å². The predicted octanol–water partition coefficient (Wildman–Crippen LogP) is 3.89. The molecular weight excluding hydrogens is 367 g/mol. The van der Waals surface area contributed by atoms with Gasteiger partial charge in [-0.1, -0.05) is 60.7 Å². The van der Waals surface area contributed by atoms with Crippen LogP contribution in [0.3, 0.4) is 0 Å². The molecule has 3 aromatic carbocycles. The third-order valence-electron chi connectivity index (χ3n) is 4.72. The van der Waals surface area contributed by atoms with Crippen molar-refractivity contribution < 1.29 is 14.0 Å². The van der Waals surface area contributed by atoms with Crippen molar-refractivity contribution in [3.63, 3.8) is 0 Å². The van der Waals surface area contributed by atoms with Gasteiger partial charge in [-0.3, -0.25) is 9.59 Å². The second-order valence-electron chi connectivity index (χ2n) is 6.84. The van der Waals surface area contributed by atoms with E-state index in [4.69, 9.17) is 0 Å². The summed E-state index contributed by atoms with van der Waals surface area (Å²) in [7, 11) is 0. The highest BCUT2D eigenvalue weighted by Crippen LogP contribution is 2.27. The van der Waals surface area contributed by atoms with Gasteiger partial charge in [-0.05, 0) is 42.3 Å². The Morgan fingerprint density at radius 3 is 1.86 bits per heavy atom. The molecule has 2 amide bonds. The van der Waals surface area contributed by atoms with Crippen LogP contribution in [0, 0.1) is 5.82 Å². The second kappa shape index (κ2) is 9.64. The zero-order chi connectivity index (χ0) is 20.6. The molecular formula is C24H23FN2O2. The number of hydrogen-bond acceptors (Lipinski definition) is 2. The first-order valence-electron chi connectivity index (χ1n) is 9.47. The number of carbonyl (C=O) groups excluding carboxylic acids is 2. The van der Waals surface area contributed by atoms with Crippen LogP contribution >= 0.6 is 0 Å². The monoisotopic (exact) mass is 390 g/mol. The van der Waals surface area contributed by atoms with Crippen molar-refractivity contribution >= 4 is 11.8 Å². The van der Waals surface area contributed by atoms with Crippen molar-refractivity contribution in [2.45, 2.75) is 18.9 Å². The molecule has 0 heterocycles. The van der Waals surface area contributed by atoms with Gasteiger partial charge in [0.25, 0.3) is 5.91 Å². The van der Waals surface area contributed by atoms with Crippen LogP contribution in [0.4, 0.5) is 4.39 Å². The number of hydrogen-bond donors (Lipinski definition) is 2. The smallest absolute Gasteiger partial charge is 0.251 e. The summed E-state index contributed by atoms with van der Waals surface area (Å²) in [6, 6.07) is 25.0. The fourth-order valence-corrected chi connectivity index (χ4v) is 3.34. The highest BCUT2D eigenvalue weighted by molar-refractivity contribution is 5.96. The maximum atomic E-state index is 13.0. The van der Waals surface area contributed by atoms with E-state index in [0.29, 0.717) is 5.56 Å². The summed E-state index contributed by atoms with van der Waals surface area (Å²) >= 11 is 0. The highest BCUT2D eigenvalue weighted by Gasteiger charge is 2.23. The number of nitrogens with one attached hydrogen (secondary N) is 2. The number of benzene rings is 3. The molecule has 0 aliphatic rings. The van der Waals surface area contributed by atoms with Crippen LogP contribution in [0.25, 0.3) is 0 Å². The Bertz CT molecular complexity index is 904. The third-order valence-corrected chi connectivity index (χ3v) is 4.72. The molecule has 0 aromatic heterocycles. The van der Waals surface area contributed by atoms with Crippen LogP contribution < -0.4 is 10.6 Å². The fraction of sp³-hybridized carbons (Fsp3) is 0.167. The Labute approximate surface area is 169 Å². The summed E-state index contributed by atoms with van der Waals surface area (Å²) in [5, 5.41) is 5.55. The minimum absolute atomic E-state index is 0.0193. The molecule has 2 N–H and O–H groups in total. The van der Waals surface area contributed by atoms with Crippen LogP contribution in [-0.4, -0.2) is 24.4 Å². The molecule has 4 nitrogen and oxygen atoms in total. The Balaban J connectivity index is 1.64. The number of carbonyl (C=O) groups is 2. The topological polar surface area (TPSA) is 58.2 Å². The second-order valence-corrected chi connectivity index (χ2v) is 6.84. The van der Waals surface area contributed by atoms with E-state index >= 15 is 0 Å². The molecule has 0 aliphatic carbocycles. The lowest BCUT2D eigenvalue weighted by Gasteiger charge is -2.26. The van der Waals surface area contributed by atoms with Crippen LogP contribution in [0.5, 0.6) is 0 Å². The fourth-order valence-electron chi connectivity index (χ4n) is 3.34. The van der Waals surface area contributed by atoms with Gasteiger partial charge in [-0.2, -0.15) is 0 Å². The van der Waals surface area contributed by atoms with Gasteiger partial charge < -0.3 is 10.6 Å².